The molecule has 3 nitrogen and oxygen atoms in total. The van der Waals surface area contributed by atoms with Crippen LogP contribution in [0.3, 0.4) is 0 Å². The minimum absolute atomic E-state index is 0.304. The maximum Gasteiger partial charge on any atom is 0.0558 e. The van der Waals surface area contributed by atoms with E-state index in [1.54, 1.807) is 0 Å². The van der Waals surface area contributed by atoms with Crippen LogP contribution in [0.15, 0.2) is 0 Å². The maximum absolute atomic E-state index is 8.94. The van der Waals surface area contributed by atoms with Gasteiger partial charge in [0.2, 0.25) is 0 Å². The molecule has 0 radical (unpaired) electrons. The Kier molecular flexibility index (Phi) is 4.83. The second kappa shape index (κ2) is 6.17. The summed E-state index contributed by atoms with van der Waals surface area (Å²) in [7, 11) is 0. The number of hydrogen-bond donors (Lipinski definition) is 1. The molecule has 1 aliphatic carbocycles. The highest BCUT2D eigenvalue weighted by atomic mass is 16.3. The summed E-state index contributed by atoms with van der Waals surface area (Å²) >= 11 is 0. The van der Waals surface area contributed by atoms with Crippen molar-refractivity contribution in [1.29, 1.82) is 0 Å². The van der Waals surface area contributed by atoms with Gasteiger partial charge in [-0.05, 0) is 31.1 Å². The third kappa shape index (κ3) is 3.43. The third-order valence-electron chi connectivity index (χ3n) is 4.91. The van der Waals surface area contributed by atoms with Crippen molar-refractivity contribution in [3.8, 4) is 0 Å². The smallest absolute Gasteiger partial charge is 0.0558 e. The van der Waals surface area contributed by atoms with Gasteiger partial charge in [-0.15, -0.1) is 0 Å². The average Bonchev–Trinajstić information content (AvgIpc) is 2.34. The van der Waals surface area contributed by atoms with E-state index in [1.165, 1.54) is 32.4 Å². The highest BCUT2D eigenvalue weighted by molar-refractivity contribution is 4.84. The number of rotatable bonds is 3. The molecule has 0 spiro atoms. The van der Waals surface area contributed by atoms with Crippen LogP contribution in [-0.4, -0.2) is 60.3 Å². The van der Waals surface area contributed by atoms with E-state index in [-0.39, 0.29) is 0 Å². The van der Waals surface area contributed by atoms with Crippen LogP contribution in [0, 0.1) is 11.8 Å². The van der Waals surface area contributed by atoms with E-state index in [2.05, 4.69) is 23.6 Å². The molecule has 3 atom stereocenters. The zero-order valence-electron chi connectivity index (χ0n) is 11.4. The first-order valence-electron chi connectivity index (χ1n) is 7.28. The van der Waals surface area contributed by atoms with Crippen molar-refractivity contribution < 1.29 is 5.11 Å². The van der Waals surface area contributed by atoms with Gasteiger partial charge in [-0.3, -0.25) is 9.80 Å². The Hall–Kier alpha value is -0.120. The Balaban J connectivity index is 1.77. The summed E-state index contributed by atoms with van der Waals surface area (Å²) in [5.74, 6) is 1.81. The molecule has 17 heavy (non-hydrogen) atoms. The van der Waals surface area contributed by atoms with E-state index >= 15 is 0 Å². The van der Waals surface area contributed by atoms with Gasteiger partial charge in [-0.2, -0.15) is 0 Å². The predicted octanol–water partition coefficient (Wildman–Crippen LogP) is 1.42. The quantitative estimate of drug-likeness (QED) is 0.808. The molecular formula is C14H28N2O. The van der Waals surface area contributed by atoms with Crippen molar-refractivity contribution in [3.05, 3.63) is 0 Å². The minimum Gasteiger partial charge on any atom is -0.395 e. The molecule has 3 heteroatoms. The van der Waals surface area contributed by atoms with E-state index in [4.69, 9.17) is 5.11 Å². The fourth-order valence-electron chi connectivity index (χ4n) is 3.34. The Labute approximate surface area is 106 Å². The first kappa shape index (κ1) is 13.3. The number of nitrogens with zero attached hydrogens (tertiary/aromatic N) is 2. The van der Waals surface area contributed by atoms with Gasteiger partial charge in [0.25, 0.3) is 0 Å². The lowest BCUT2D eigenvalue weighted by atomic mass is 9.78. The van der Waals surface area contributed by atoms with Crippen LogP contribution in [0.4, 0.5) is 0 Å². The zero-order valence-corrected chi connectivity index (χ0v) is 11.4. The average molecular weight is 240 g/mol. The van der Waals surface area contributed by atoms with Gasteiger partial charge in [0.1, 0.15) is 0 Å². The fourth-order valence-corrected chi connectivity index (χ4v) is 3.34. The Morgan fingerprint density at radius 2 is 1.71 bits per heavy atom. The van der Waals surface area contributed by atoms with Crippen LogP contribution in [0.2, 0.25) is 0 Å². The first-order valence-corrected chi connectivity index (χ1v) is 7.28. The summed E-state index contributed by atoms with van der Waals surface area (Å²) in [6, 6.07) is 0.831. The summed E-state index contributed by atoms with van der Waals surface area (Å²) in [5.41, 5.74) is 0. The molecule has 1 saturated carbocycles. The molecule has 3 unspecified atom stereocenters. The van der Waals surface area contributed by atoms with E-state index < -0.39 is 0 Å². The molecule has 2 fully saturated rings. The SMILES string of the molecule is CC1CCC(N2CCN(CCO)CC2)CC1C. The molecule has 1 saturated heterocycles. The standard InChI is InChI=1S/C14H28N2O/c1-12-3-4-14(11-13(12)2)16-7-5-15(6-8-16)9-10-17/h12-14,17H,3-11H2,1-2H3. The second-order valence-electron chi connectivity index (χ2n) is 6.02. The predicted molar refractivity (Wildman–Crippen MR) is 71.1 cm³/mol. The first-order chi connectivity index (χ1) is 8.20. The molecule has 2 aliphatic rings. The molecule has 1 heterocycles. The normalized spacial score (nSPS) is 37.2. The van der Waals surface area contributed by atoms with Crippen LogP contribution < -0.4 is 0 Å². The van der Waals surface area contributed by atoms with E-state index in [0.29, 0.717) is 6.61 Å². The molecule has 1 N–H and O–H groups in total. The molecule has 0 aromatic rings. The summed E-state index contributed by atoms with van der Waals surface area (Å²) in [4.78, 5) is 5.07. The van der Waals surface area contributed by atoms with Gasteiger partial charge in [0.15, 0.2) is 0 Å². The van der Waals surface area contributed by atoms with Gasteiger partial charge in [0.05, 0.1) is 6.61 Å². The molecular weight excluding hydrogens is 212 g/mol. The van der Waals surface area contributed by atoms with Gasteiger partial charge in [-0.25, -0.2) is 0 Å². The molecule has 0 aromatic carbocycles. The summed E-state index contributed by atoms with van der Waals surface area (Å²) in [6.07, 6.45) is 4.19. The van der Waals surface area contributed by atoms with Crippen molar-refractivity contribution in [2.75, 3.05) is 39.3 Å². The summed E-state index contributed by atoms with van der Waals surface area (Å²) in [6.45, 7) is 10.7. The Morgan fingerprint density at radius 1 is 1.00 bits per heavy atom. The molecule has 1 aliphatic heterocycles. The molecule has 0 aromatic heterocycles. The van der Waals surface area contributed by atoms with Crippen LogP contribution in [0.1, 0.15) is 33.1 Å². The number of piperazine rings is 1. The lowest BCUT2D eigenvalue weighted by molar-refractivity contribution is 0.0510. The minimum atomic E-state index is 0.304. The molecule has 100 valence electrons. The van der Waals surface area contributed by atoms with Crippen molar-refractivity contribution >= 4 is 0 Å². The number of aliphatic hydroxyl groups is 1. The summed E-state index contributed by atoms with van der Waals surface area (Å²) < 4.78 is 0. The van der Waals surface area contributed by atoms with Crippen LogP contribution in [0.5, 0.6) is 0 Å². The molecule has 2 rings (SSSR count). The van der Waals surface area contributed by atoms with Crippen LogP contribution in [-0.2, 0) is 0 Å². The highest BCUT2D eigenvalue weighted by Crippen LogP contribution is 2.32. The van der Waals surface area contributed by atoms with E-state index in [9.17, 15) is 0 Å². The van der Waals surface area contributed by atoms with Crippen molar-refractivity contribution in [3.63, 3.8) is 0 Å². The second-order valence-corrected chi connectivity index (χ2v) is 6.02. The van der Waals surface area contributed by atoms with Crippen molar-refractivity contribution in [2.24, 2.45) is 11.8 Å². The lowest BCUT2D eigenvalue weighted by Crippen LogP contribution is -2.52. The Bertz CT molecular complexity index is 226. The highest BCUT2D eigenvalue weighted by Gasteiger charge is 2.30. The molecule has 0 bridgehead atoms. The van der Waals surface area contributed by atoms with Crippen LogP contribution >= 0.6 is 0 Å². The van der Waals surface area contributed by atoms with E-state index in [1.807, 2.05) is 0 Å². The van der Waals surface area contributed by atoms with Gasteiger partial charge < -0.3 is 5.11 Å². The Morgan fingerprint density at radius 3 is 2.29 bits per heavy atom. The zero-order chi connectivity index (χ0) is 12.3. The largest absolute Gasteiger partial charge is 0.395 e. The third-order valence-corrected chi connectivity index (χ3v) is 4.91. The topological polar surface area (TPSA) is 26.7 Å². The van der Waals surface area contributed by atoms with Crippen molar-refractivity contribution in [1.82, 2.24) is 9.80 Å². The van der Waals surface area contributed by atoms with Gasteiger partial charge in [-0.1, -0.05) is 13.8 Å². The summed E-state index contributed by atoms with van der Waals surface area (Å²) in [5, 5.41) is 8.94. The van der Waals surface area contributed by atoms with Gasteiger partial charge >= 0.3 is 0 Å². The van der Waals surface area contributed by atoms with E-state index in [0.717, 1.165) is 37.5 Å². The van der Waals surface area contributed by atoms with Crippen molar-refractivity contribution in [2.45, 2.75) is 39.2 Å². The molecule has 0 amide bonds. The maximum atomic E-state index is 8.94. The fraction of sp³-hybridized carbons (Fsp3) is 1.00. The number of aliphatic hydroxyl groups excluding tert-OH is 1. The van der Waals surface area contributed by atoms with Crippen LogP contribution in [0.25, 0.3) is 0 Å². The monoisotopic (exact) mass is 240 g/mol. The number of β-amino-alcohol motifs (C(OH)–C–C–N with tert-alkyl or cyclic N) is 1. The van der Waals surface area contributed by atoms with Gasteiger partial charge in [0, 0.05) is 38.8 Å². The lowest BCUT2D eigenvalue weighted by Gasteiger charge is -2.43. The number of hydrogen-bond acceptors (Lipinski definition) is 3.